The van der Waals surface area contributed by atoms with Gasteiger partial charge in [0.15, 0.2) is 5.75 Å². The number of alkyl halides is 5. The van der Waals surface area contributed by atoms with Gasteiger partial charge in [0.25, 0.3) is 6.43 Å². The Morgan fingerprint density at radius 1 is 1.42 bits per heavy atom. The Hall–Kier alpha value is -2.00. The highest BCUT2D eigenvalue weighted by Crippen LogP contribution is 2.35. The summed E-state index contributed by atoms with van der Waals surface area (Å²) >= 11 is 0. The van der Waals surface area contributed by atoms with Crippen molar-refractivity contribution in [1.29, 1.82) is 0 Å². The minimum atomic E-state index is -5.38. The monoisotopic (exact) mass is 289 g/mol. The lowest BCUT2D eigenvalue weighted by atomic mass is 10.1. The summed E-state index contributed by atoms with van der Waals surface area (Å²) in [4.78, 5) is 13.2. The minimum Gasteiger partial charge on any atom is -0.481 e. The fourth-order valence-corrected chi connectivity index (χ4v) is 1.23. The van der Waals surface area contributed by atoms with E-state index in [-0.39, 0.29) is 6.20 Å². The summed E-state index contributed by atoms with van der Waals surface area (Å²) < 4.78 is 77.6. The number of pyridine rings is 1. The number of hydrogen-bond acceptors (Lipinski definition) is 3. The number of nitrogens with zero attached hydrogens (tertiary/aromatic N) is 1. The van der Waals surface area contributed by atoms with Crippen LogP contribution in [0.25, 0.3) is 0 Å². The fourth-order valence-electron chi connectivity index (χ4n) is 1.23. The molecular formula is C9H5F6NO3. The van der Waals surface area contributed by atoms with Gasteiger partial charge < -0.3 is 9.84 Å². The van der Waals surface area contributed by atoms with E-state index in [9.17, 15) is 31.1 Å². The van der Waals surface area contributed by atoms with Crippen LogP contribution < -0.4 is 4.74 Å². The third-order valence-electron chi connectivity index (χ3n) is 1.86. The number of rotatable bonds is 4. The average Bonchev–Trinajstić information content (AvgIpc) is 2.20. The molecule has 0 unspecified atom stereocenters. The van der Waals surface area contributed by atoms with Crippen molar-refractivity contribution in [3.63, 3.8) is 0 Å². The number of halogens is 6. The normalized spacial score (nSPS) is 11.7. The van der Waals surface area contributed by atoms with Gasteiger partial charge in [0.2, 0.25) is 0 Å². The molecule has 0 aliphatic rings. The topological polar surface area (TPSA) is 59.4 Å². The first-order chi connectivity index (χ1) is 8.61. The van der Waals surface area contributed by atoms with Crippen molar-refractivity contribution in [2.24, 2.45) is 0 Å². The number of aliphatic carboxylic acids is 1. The first-order valence-electron chi connectivity index (χ1n) is 4.54. The molecule has 106 valence electrons. The zero-order chi connectivity index (χ0) is 14.8. The van der Waals surface area contributed by atoms with Gasteiger partial charge in [0, 0.05) is 5.56 Å². The fraction of sp³-hybridized carbons (Fsp3) is 0.333. The highest BCUT2D eigenvalue weighted by atomic mass is 19.4. The predicted octanol–water partition coefficient (Wildman–Crippen LogP) is 2.68. The zero-order valence-corrected chi connectivity index (χ0v) is 8.84. The molecule has 0 aromatic carbocycles. The molecule has 0 aliphatic heterocycles. The average molecular weight is 289 g/mol. The van der Waals surface area contributed by atoms with Crippen LogP contribution in [-0.2, 0) is 11.2 Å². The van der Waals surface area contributed by atoms with Crippen LogP contribution in [0, 0.1) is 5.82 Å². The summed E-state index contributed by atoms with van der Waals surface area (Å²) in [5.41, 5.74) is -2.62. The number of hydrogen-bond donors (Lipinski definition) is 1. The molecule has 0 radical (unpaired) electrons. The first-order valence-corrected chi connectivity index (χ1v) is 4.54. The number of carboxylic acid groups (broad SMARTS) is 1. The van der Waals surface area contributed by atoms with Crippen LogP contribution in [0.5, 0.6) is 5.75 Å². The standard InChI is InChI=1S/C9H5F6NO3/c10-4-2-16-6(8(11)12)7(19-9(13,14)15)3(4)1-5(17)18/h2,8H,1H2,(H,17,18). The quantitative estimate of drug-likeness (QED) is 0.866. The van der Waals surface area contributed by atoms with Crippen LogP contribution >= 0.6 is 0 Å². The number of aromatic nitrogens is 1. The molecule has 10 heteroatoms. The van der Waals surface area contributed by atoms with E-state index in [0.717, 1.165) is 0 Å². The molecule has 0 saturated heterocycles. The second-order valence-electron chi connectivity index (χ2n) is 3.22. The smallest absolute Gasteiger partial charge is 0.481 e. The van der Waals surface area contributed by atoms with Crippen LogP contribution in [0.1, 0.15) is 17.7 Å². The van der Waals surface area contributed by atoms with Gasteiger partial charge in [-0.2, -0.15) is 0 Å². The summed E-state index contributed by atoms with van der Waals surface area (Å²) in [6.07, 6.45) is -9.90. The van der Waals surface area contributed by atoms with Crippen molar-refractivity contribution in [1.82, 2.24) is 4.98 Å². The summed E-state index contributed by atoms with van der Waals surface area (Å²) in [5, 5.41) is 8.43. The van der Waals surface area contributed by atoms with Gasteiger partial charge in [-0.1, -0.05) is 0 Å². The number of carboxylic acids is 1. The Labute approximate surface area is 101 Å². The Balaban J connectivity index is 3.40. The molecule has 0 bridgehead atoms. The van der Waals surface area contributed by atoms with Gasteiger partial charge in [-0.25, -0.2) is 18.2 Å². The lowest BCUT2D eigenvalue weighted by molar-refractivity contribution is -0.275. The molecule has 0 atom stereocenters. The molecule has 1 N–H and O–H groups in total. The van der Waals surface area contributed by atoms with Crippen LogP contribution in [-0.4, -0.2) is 22.4 Å². The Bertz CT molecular complexity index is 488. The van der Waals surface area contributed by atoms with E-state index in [1.54, 1.807) is 0 Å². The third-order valence-corrected chi connectivity index (χ3v) is 1.86. The number of carbonyl (C=O) groups is 1. The van der Waals surface area contributed by atoms with Gasteiger partial charge in [0.05, 0.1) is 12.6 Å². The van der Waals surface area contributed by atoms with E-state index < -0.39 is 48.0 Å². The molecular weight excluding hydrogens is 284 g/mol. The molecule has 0 aliphatic carbocycles. The number of ether oxygens (including phenoxy) is 1. The Kier molecular flexibility index (Phi) is 4.22. The van der Waals surface area contributed by atoms with Gasteiger partial charge >= 0.3 is 12.3 Å². The van der Waals surface area contributed by atoms with Gasteiger partial charge in [0.1, 0.15) is 11.5 Å². The summed E-state index contributed by atoms with van der Waals surface area (Å²) in [6, 6.07) is 0. The van der Waals surface area contributed by atoms with Crippen molar-refractivity contribution in [3.8, 4) is 5.75 Å². The van der Waals surface area contributed by atoms with Crippen molar-refractivity contribution in [2.75, 3.05) is 0 Å². The maximum Gasteiger partial charge on any atom is 0.573 e. The molecule has 0 saturated carbocycles. The van der Waals surface area contributed by atoms with E-state index in [0.29, 0.717) is 0 Å². The van der Waals surface area contributed by atoms with E-state index in [1.807, 2.05) is 0 Å². The predicted molar refractivity (Wildman–Crippen MR) is 47.2 cm³/mol. The maximum atomic E-state index is 13.2. The second-order valence-corrected chi connectivity index (χ2v) is 3.22. The molecule has 4 nitrogen and oxygen atoms in total. The SMILES string of the molecule is O=C(O)Cc1c(F)cnc(C(F)F)c1OC(F)(F)F. The minimum absolute atomic E-state index is 0.211. The van der Waals surface area contributed by atoms with Gasteiger partial charge in [-0.05, 0) is 0 Å². The van der Waals surface area contributed by atoms with Crippen molar-refractivity contribution in [3.05, 3.63) is 23.3 Å². The van der Waals surface area contributed by atoms with Crippen LogP contribution in [0.15, 0.2) is 6.20 Å². The lowest BCUT2D eigenvalue weighted by Crippen LogP contribution is -2.21. The van der Waals surface area contributed by atoms with Gasteiger partial charge in [-0.3, -0.25) is 4.79 Å². The molecule has 1 heterocycles. The lowest BCUT2D eigenvalue weighted by Gasteiger charge is -2.15. The molecule has 1 aromatic heterocycles. The van der Waals surface area contributed by atoms with E-state index in [2.05, 4.69) is 9.72 Å². The highest BCUT2D eigenvalue weighted by Gasteiger charge is 2.36. The summed E-state index contributed by atoms with van der Waals surface area (Å²) in [7, 11) is 0. The van der Waals surface area contributed by atoms with Crippen molar-refractivity contribution < 1.29 is 41.0 Å². The maximum absolute atomic E-state index is 13.2. The highest BCUT2D eigenvalue weighted by molar-refractivity contribution is 5.71. The zero-order valence-electron chi connectivity index (χ0n) is 8.84. The van der Waals surface area contributed by atoms with E-state index in [1.165, 1.54) is 0 Å². The first kappa shape index (κ1) is 15.1. The van der Waals surface area contributed by atoms with E-state index in [4.69, 9.17) is 5.11 Å². The Morgan fingerprint density at radius 3 is 2.42 bits per heavy atom. The molecule has 1 aromatic rings. The van der Waals surface area contributed by atoms with Crippen molar-refractivity contribution in [2.45, 2.75) is 19.2 Å². The summed E-state index contributed by atoms with van der Waals surface area (Å²) in [6.45, 7) is 0. The van der Waals surface area contributed by atoms with Crippen LogP contribution in [0.3, 0.4) is 0 Å². The van der Waals surface area contributed by atoms with Gasteiger partial charge in [-0.15, -0.1) is 13.2 Å². The molecule has 0 fully saturated rings. The van der Waals surface area contributed by atoms with Crippen LogP contribution in [0.4, 0.5) is 26.3 Å². The molecule has 19 heavy (non-hydrogen) atoms. The van der Waals surface area contributed by atoms with Crippen LogP contribution in [0.2, 0.25) is 0 Å². The second kappa shape index (κ2) is 5.33. The van der Waals surface area contributed by atoms with E-state index >= 15 is 0 Å². The van der Waals surface area contributed by atoms with Crippen molar-refractivity contribution >= 4 is 5.97 Å². The Morgan fingerprint density at radius 2 is 2.00 bits per heavy atom. The molecule has 0 spiro atoms. The summed E-state index contributed by atoms with van der Waals surface area (Å²) in [5.74, 6) is -4.81. The largest absolute Gasteiger partial charge is 0.573 e. The third kappa shape index (κ3) is 4.00. The molecule has 0 amide bonds. The molecule has 1 rings (SSSR count).